The third kappa shape index (κ3) is 5.54. The van der Waals surface area contributed by atoms with Crippen molar-refractivity contribution in [2.45, 2.75) is 115 Å². The fourth-order valence-electron chi connectivity index (χ4n) is 12.0. The van der Waals surface area contributed by atoms with Crippen LogP contribution in [0.3, 0.4) is 0 Å². The van der Waals surface area contributed by atoms with Crippen LogP contribution in [0.4, 0.5) is 0 Å². The molecular formula is C39H57N3O3S2. The van der Waals surface area contributed by atoms with E-state index < -0.39 is 0 Å². The molecule has 2 heterocycles. The van der Waals surface area contributed by atoms with E-state index in [1.54, 1.807) is 0 Å². The fraction of sp³-hybridized carbons (Fsp3) is 0.744. The van der Waals surface area contributed by atoms with E-state index in [9.17, 15) is 15.0 Å². The highest BCUT2D eigenvalue weighted by molar-refractivity contribution is 8.77. The predicted molar refractivity (Wildman–Crippen MR) is 195 cm³/mol. The Morgan fingerprint density at radius 2 is 2.04 bits per heavy atom. The Kier molecular flexibility index (Phi) is 9.64. The minimum atomic E-state index is -0.163. The summed E-state index contributed by atoms with van der Waals surface area (Å²) < 4.78 is 0. The first-order chi connectivity index (χ1) is 22.7. The van der Waals surface area contributed by atoms with Crippen LogP contribution < -0.4 is 11.1 Å². The van der Waals surface area contributed by atoms with Gasteiger partial charge in [0.2, 0.25) is 0 Å². The van der Waals surface area contributed by atoms with Crippen molar-refractivity contribution in [2.24, 2.45) is 51.1 Å². The molecule has 8 heteroatoms. The van der Waals surface area contributed by atoms with Crippen LogP contribution in [0.5, 0.6) is 0 Å². The number of hydrogen-bond donors (Lipinski definition) is 4. The van der Waals surface area contributed by atoms with Crippen LogP contribution in [0.15, 0.2) is 40.4 Å². The number of rotatable bonds is 7. The number of benzene rings is 1. The van der Waals surface area contributed by atoms with Gasteiger partial charge in [-0.1, -0.05) is 72.2 Å². The standard InChI is InChI=1S/C39H57N3O3S2/c1-24(2)17-25-7-4-8-26(18-25)29-11-12-35-39(33(29)22-41-36(40)42-39)13-5-9-30-32-20-28-19-27(23-44)31(10-6-15-43)38(32,21-34(30)45)37(28,3)14-16-46-47-35/h4,7-8,18,24,27-29,31,33,35,43-44H,5-6,9-17,19-23H2,1-3H3,(H3,40,41,42)/t27-,28+,29+,31-,33-,35+,37+,38+,39+/m1/s1. The first kappa shape index (κ1) is 34.0. The normalized spacial score (nSPS) is 40.1. The number of ketones is 1. The van der Waals surface area contributed by atoms with Gasteiger partial charge in [-0.2, -0.15) is 0 Å². The van der Waals surface area contributed by atoms with E-state index in [1.165, 1.54) is 23.1 Å². The van der Waals surface area contributed by atoms with E-state index >= 15 is 0 Å². The van der Waals surface area contributed by atoms with Gasteiger partial charge in [0.05, 0.1) is 5.54 Å². The number of aliphatic hydroxyl groups is 2. The van der Waals surface area contributed by atoms with Crippen molar-refractivity contribution in [1.82, 2.24) is 5.32 Å². The van der Waals surface area contributed by atoms with Gasteiger partial charge < -0.3 is 21.3 Å². The molecule has 258 valence electrons. The van der Waals surface area contributed by atoms with Gasteiger partial charge in [0.15, 0.2) is 11.7 Å². The quantitative estimate of drug-likeness (QED) is 0.229. The Morgan fingerprint density at radius 3 is 2.83 bits per heavy atom. The number of nitrogens with two attached hydrogens (primary N) is 1. The second-order valence-electron chi connectivity index (χ2n) is 16.5. The molecule has 7 rings (SSSR count). The minimum absolute atomic E-state index is 0.0478. The van der Waals surface area contributed by atoms with Crippen LogP contribution >= 0.6 is 21.6 Å². The smallest absolute Gasteiger partial charge is 0.189 e. The first-order valence-corrected chi connectivity index (χ1v) is 21.0. The van der Waals surface area contributed by atoms with Gasteiger partial charge in [-0.25, -0.2) is 0 Å². The van der Waals surface area contributed by atoms with Crippen LogP contribution in [-0.2, 0) is 11.2 Å². The van der Waals surface area contributed by atoms with Crippen molar-refractivity contribution in [3.05, 3.63) is 46.5 Å². The summed E-state index contributed by atoms with van der Waals surface area (Å²) in [6.45, 7) is 8.21. The molecule has 9 atom stereocenters. The van der Waals surface area contributed by atoms with Crippen molar-refractivity contribution >= 4 is 33.3 Å². The zero-order valence-electron chi connectivity index (χ0n) is 28.8. The number of carbonyl (C=O) groups is 1. The zero-order chi connectivity index (χ0) is 33.0. The van der Waals surface area contributed by atoms with Crippen molar-refractivity contribution in [3.8, 4) is 0 Å². The molecule has 6 aliphatic rings. The lowest BCUT2D eigenvalue weighted by Gasteiger charge is -2.57. The number of guanidine groups is 1. The van der Waals surface area contributed by atoms with Crippen molar-refractivity contribution < 1.29 is 15.0 Å². The van der Waals surface area contributed by atoms with Gasteiger partial charge in [0.25, 0.3) is 0 Å². The highest BCUT2D eigenvalue weighted by atomic mass is 33.1. The summed E-state index contributed by atoms with van der Waals surface area (Å²) in [5, 5.41) is 24.8. The van der Waals surface area contributed by atoms with E-state index in [1.807, 2.05) is 10.8 Å². The second kappa shape index (κ2) is 13.3. The summed E-state index contributed by atoms with van der Waals surface area (Å²) in [7, 11) is 4.14. The Labute approximate surface area is 290 Å². The van der Waals surface area contributed by atoms with Gasteiger partial charge in [-0.3, -0.25) is 9.79 Å². The van der Waals surface area contributed by atoms with Gasteiger partial charge in [-0.05, 0) is 122 Å². The number of aliphatic hydroxyl groups excluding tert-OH is 2. The van der Waals surface area contributed by atoms with Gasteiger partial charge >= 0.3 is 0 Å². The van der Waals surface area contributed by atoms with Crippen molar-refractivity contribution in [1.29, 1.82) is 0 Å². The molecule has 0 aromatic heterocycles. The Hall–Kier alpha value is -1.48. The van der Waals surface area contributed by atoms with Crippen LogP contribution in [0, 0.1) is 40.4 Å². The average molecular weight is 680 g/mol. The molecular weight excluding hydrogens is 623 g/mol. The molecule has 5 N–H and O–H groups in total. The second-order valence-corrected chi connectivity index (χ2v) is 19.2. The molecule has 47 heavy (non-hydrogen) atoms. The monoisotopic (exact) mass is 679 g/mol. The molecule has 0 amide bonds. The molecule has 2 aliphatic heterocycles. The number of nitrogens with zero attached hydrogens (tertiary/aromatic N) is 1. The fourth-order valence-corrected chi connectivity index (χ4v) is 15.3. The van der Waals surface area contributed by atoms with Gasteiger partial charge in [0, 0.05) is 48.5 Å². The molecule has 4 aliphatic carbocycles. The predicted octanol–water partition coefficient (Wildman–Crippen LogP) is 7.04. The molecule has 2 spiro atoms. The third-order valence-electron chi connectivity index (χ3n) is 14.0. The Balaban J connectivity index is 1.24. The molecule has 0 unspecified atom stereocenters. The molecule has 0 saturated heterocycles. The van der Waals surface area contributed by atoms with E-state index in [0.29, 0.717) is 47.1 Å². The molecule has 0 radical (unpaired) electrons. The topological polar surface area (TPSA) is 108 Å². The molecule has 6 nitrogen and oxygen atoms in total. The molecule has 1 aromatic rings. The van der Waals surface area contributed by atoms with E-state index in [2.05, 4.69) is 61.1 Å². The van der Waals surface area contributed by atoms with Crippen molar-refractivity contribution in [3.63, 3.8) is 0 Å². The minimum Gasteiger partial charge on any atom is -0.396 e. The highest BCUT2D eigenvalue weighted by Crippen LogP contribution is 2.75. The lowest BCUT2D eigenvalue weighted by Crippen LogP contribution is -2.67. The number of allylic oxidation sites excluding steroid dienone is 2. The van der Waals surface area contributed by atoms with Gasteiger partial charge in [0.1, 0.15) is 0 Å². The lowest BCUT2D eigenvalue weighted by atomic mass is 9.47. The van der Waals surface area contributed by atoms with Crippen LogP contribution in [0.1, 0.15) is 108 Å². The average Bonchev–Trinajstić information content (AvgIpc) is 3.38. The third-order valence-corrected chi connectivity index (χ3v) is 17.0. The number of Topliss-reactive ketones (excluding diaryl/α,β-unsaturated/α-hetero) is 1. The van der Waals surface area contributed by atoms with E-state index in [4.69, 9.17) is 10.7 Å². The summed E-state index contributed by atoms with van der Waals surface area (Å²) in [5.74, 6) is 4.41. The summed E-state index contributed by atoms with van der Waals surface area (Å²) >= 11 is 0. The SMILES string of the molecule is CC(C)Cc1cccc([C@@H]2CC[C@@H]3SSCC[C@@]4(C)[C@@H]5CC6=C(CCC[C@@]37NC(N)=NC[C@H]27)C(=O)C[C@]64[C@H](CCCO)[C@@H](CO)C5)c1. The Morgan fingerprint density at radius 1 is 1.19 bits per heavy atom. The summed E-state index contributed by atoms with van der Waals surface area (Å²) in [6.07, 6.45) is 11.6. The van der Waals surface area contributed by atoms with Crippen LogP contribution in [0.25, 0.3) is 0 Å². The van der Waals surface area contributed by atoms with E-state index in [-0.39, 0.29) is 41.4 Å². The zero-order valence-corrected chi connectivity index (χ0v) is 30.4. The highest BCUT2D eigenvalue weighted by Gasteiger charge is 2.69. The lowest BCUT2D eigenvalue weighted by molar-refractivity contribution is -0.125. The van der Waals surface area contributed by atoms with Crippen molar-refractivity contribution in [2.75, 3.05) is 25.5 Å². The maximum Gasteiger partial charge on any atom is 0.189 e. The summed E-state index contributed by atoms with van der Waals surface area (Å²) in [4.78, 5) is 19.0. The number of hydrogen-bond acceptors (Lipinski definition) is 8. The molecule has 1 aromatic carbocycles. The van der Waals surface area contributed by atoms with Crippen LogP contribution in [-0.4, -0.2) is 58.3 Å². The number of carbonyl (C=O) groups excluding carboxylic acids is 1. The molecule has 3 saturated carbocycles. The number of aliphatic imine (C=N–C) groups is 1. The summed E-state index contributed by atoms with van der Waals surface area (Å²) in [6, 6.07) is 9.35. The number of nitrogens with one attached hydrogen (secondary N) is 1. The maximum atomic E-state index is 14.2. The Bertz CT molecular complexity index is 1410. The largest absolute Gasteiger partial charge is 0.396 e. The van der Waals surface area contributed by atoms with E-state index in [0.717, 1.165) is 82.1 Å². The molecule has 5 bridgehead atoms. The first-order valence-electron chi connectivity index (χ1n) is 18.6. The summed E-state index contributed by atoms with van der Waals surface area (Å²) in [5.41, 5.74) is 11.7. The van der Waals surface area contributed by atoms with Crippen LogP contribution in [0.2, 0.25) is 0 Å². The maximum absolute atomic E-state index is 14.2. The molecule has 3 fully saturated rings. The van der Waals surface area contributed by atoms with Gasteiger partial charge in [-0.15, -0.1) is 0 Å².